The topological polar surface area (TPSA) is 0 Å². The summed E-state index contributed by atoms with van der Waals surface area (Å²) in [6.45, 7) is 7.65. The van der Waals surface area contributed by atoms with E-state index in [-0.39, 0.29) is 12.8 Å². The van der Waals surface area contributed by atoms with Crippen molar-refractivity contribution in [2.24, 2.45) is 5.92 Å². The first kappa shape index (κ1) is 13.1. The lowest BCUT2D eigenvalue weighted by atomic mass is 9.81. The van der Waals surface area contributed by atoms with E-state index in [9.17, 15) is 8.78 Å². The van der Waals surface area contributed by atoms with Crippen LogP contribution in [0.15, 0.2) is 36.0 Å². The molecule has 0 heterocycles. The molecule has 2 heteroatoms. The summed E-state index contributed by atoms with van der Waals surface area (Å²) < 4.78 is 26.0. The van der Waals surface area contributed by atoms with Crippen LogP contribution in [0.1, 0.15) is 39.5 Å². The maximum Gasteiger partial charge on any atom is 0.248 e. The van der Waals surface area contributed by atoms with Gasteiger partial charge in [0, 0.05) is 12.8 Å². The van der Waals surface area contributed by atoms with Crippen LogP contribution in [0.5, 0.6) is 0 Å². The van der Waals surface area contributed by atoms with Gasteiger partial charge in [-0.2, -0.15) is 0 Å². The molecule has 0 aliphatic heterocycles. The van der Waals surface area contributed by atoms with Crippen molar-refractivity contribution in [3.8, 4) is 0 Å². The molecule has 0 saturated heterocycles. The predicted octanol–water partition coefficient (Wildman–Crippen LogP) is 4.89. The monoisotopic (exact) mass is 226 g/mol. The zero-order valence-corrected chi connectivity index (χ0v) is 10.1. The van der Waals surface area contributed by atoms with Gasteiger partial charge in [-0.15, -0.1) is 0 Å². The number of rotatable bonds is 3. The van der Waals surface area contributed by atoms with E-state index in [0.29, 0.717) is 18.8 Å². The van der Waals surface area contributed by atoms with Gasteiger partial charge < -0.3 is 0 Å². The van der Waals surface area contributed by atoms with Crippen molar-refractivity contribution >= 4 is 0 Å². The lowest BCUT2D eigenvalue weighted by molar-refractivity contribution is -0.0418. The Labute approximate surface area is 96.7 Å². The molecule has 0 radical (unpaired) electrons. The third-order valence-corrected chi connectivity index (χ3v) is 3.24. The first-order valence-corrected chi connectivity index (χ1v) is 5.83. The average Bonchev–Trinajstić information content (AvgIpc) is 2.26. The van der Waals surface area contributed by atoms with Gasteiger partial charge in [0.15, 0.2) is 0 Å². The molecule has 1 saturated carbocycles. The molecule has 1 fully saturated rings. The second kappa shape index (κ2) is 5.42. The molecule has 0 aromatic heterocycles. The summed E-state index contributed by atoms with van der Waals surface area (Å²) in [6.07, 6.45) is 7.11. The molecule has 1 aliphatic carbocycles. The lowest BCUT2D eigenvalue weighted by Crippen LogP contribution is -2.25. The van der Waals surface area contributed by atoms with E-state index >= 15 is 0 Å². The molecule has 0 bridgehead atoms. The Morgan fingerprint density at radius 1 is 1.31 bits per heavy atom. The number of alkyl halides is 2. The third-order valence-electron chi connectivity index (χ3n) is 3.24. The fourth-order valence-electron chi connectivity index (χ4n) is 2.13. The fourth-order valence-corrected chi connectivity index (χ4v) is 2.13. The minimum absolute atomic E-state index is 0.0238. The van der Waals surface area contributed by atoms with E-state index < -0.39 is 5.92 Å². The minimum Gasteiger partial charge on any atom is -0.207 e. The van der Waals surface area contributed by atoms with E-state index in [1.165, 1.54) is 5.57 Å². The Bertz CT molecular complexity index is 301. The normalized spacial score (nSPS) is 23.2. The Kier molecular flexibility index (Phi) is 4.45. The van der Waals surface area contributed by atoms with Gasteiger partial charge in [-0.05, 0) is 38.2 Å². The Morgan fingerprint density at radius 3 is 2.31 bits per heavy atom. The van der Waals surface area contributed by atoms with Gasteiger partial charge in [-0.25, -0.2) is 8.78 Å². The molecule has 0 aromatic carbocycles. The first-order valence-electron chi connectivity index (χ1n) is 5.83. The molecule has 1 aliphatic rings. The van der Waals surface area contributed by atoms with Crippen LogP contribution in [0.25, 0.3) is 0 Å². The third kappa shape index (κ3) is 3.58. The summed E-state index contributed by atoms with van der Waals surface area (Å²) >= 11 is 0. The van der Waals surface area contributed by atoms with Crippen LogP contribution in [-0.2, 0) is 0 Å². The summed E-state index contributed by atoms with van der Waals surface area (Å²) in [5.74, 6) is -2.15. The van der Waals surface area contributed by atoms with Gasteiger partial charge in [0.2, 0.25) is 5.92 Å². The molecule has 0 spiro atoms. The molecule has 1 rings (SSSR count). The molecule has 0 amide bonds. The van der Waals surface area contributed by atoms with Gasteiger partial charge in [0.05, 0.1) is 0 Å². The highest BCUT2D eigenvalue weighted by Gasteiger charge is 2.35. The van der Waals surface area contributed by atoms with Gasteiger partial charge >= 0.3 is 0 Å². The van der Waals surface area contributed by atoms with E-state index in [4.69, 9.17) is 0 Å². The van der Waals surface area contributed by atoms with Crippen LogP contribution in [0.4, 0.5) is 8.78 Å². The molecule has 16 heavy (non-hydrogen) atoms. The van der Waals surface area contributed by atoms with Crippen molar-refractivity contribution in [2.45, 2.75) is 45.5 Å². The average molecular weight is 226 g/mol. The summed E-state index contributed by atoms with van der Waals surface area (Å²) in [5.41, 5.74) is 2.26. The summed E-state index contributed by atoms with van der Waals surface area (Å²) in [7, 11) is 0. The van der Waals surface area contributed by atoms with E-state index in [1.807, 2.05) is 19.9 Å². The second-order valence-corrected chi connectivity index (χ2v) is 4.51. The van der Waals surface area contributed by atoms with Crippen LogP contribution in [0, 0.1) is 5.92 Å². The quantitative estimate of drug-likeness (QED) is 0.601. The molecular formula is C14H20F2. The standard InChI is InChI=1S/C14H20F2/c1-4-11(3)10-12(5-2)13-6-8-14(15,16)9-7-13/h4-5,10,13H,1,6-9H2,2-3H3/b11-10-,12-5+. The van der Waals surface area contributed by atoms with E-state index in [1.54, 1.807) is 6.08 Å². The molecule has 0 N–H and O–H groups in total. The van der Waals surface area contributed by atoms with Crippen molar-refractivity contribution < 1.29 is 8.78 Å². The first-order chi connectivity index (χ1) is 7.48. The highest BCUT2D eigenvalue weighted by atomic mass is 19.3. The highest BCUT2D eigenvalue weighted by molar-refractivity contribution is 5.29. The Balaban J connectivity index is 2.67. The molecule has 0 aromatic rings. The molecule has 90 valence electrons. The molecule has 0 nitrogen and oxygen atoms in total. The number of hydrogen-bond donors (Lipinski definition) is 0. The molecule has 0 atom stereocenters. The van der Waals surface area contributed by atoms with Gasteiger partial charge in [0.1, 0.15) is 0 Å². The zero-order valence-electron chi connectivity index (χ0n) is 10.1. The predicted molar refractivity (Wildman–Crippen MR) is 64.6 cm³/mol. The Hall–Kier alpha value is -0.920. The summed E-state index contributed by atoms with van der Waals surface area (Å²) in [5, 5.41) is 0. The van der Waals surface area contributed by atoms with Crippen molar-refractivity contribution in [1.82, 2.24) is 0 Å². The summed E-state index contributed by atoms with van der Waals surface area (Å²) in [4.78, 5) is 0. The fraction of sp³-hybridized carbons (Fsp3) is 0.571. The summed E-state index contributed by atoms with van der Waals surface area (Å²) in [6, 6.07) is 0. The van der Waals surface area contributed by atoms with Gasteiger partial charge in [-0.3, -0.25) is 0 Å². The highest BCUT2D eigenvalue weighted by Crippen LogP contribution is 2.39. The van der Waals surface area contributed by atoms with Crippen molar-refractivity contribution in [2.75, 3.05) is 0 Å². The smallest absolute Gasteiger partial charge is 0.207 e. The maximum absolute atomic E-state index is 13.0. The molecule has 0 unspecified atom stereocenters. The Morgan fingerprint density at radius 2 is 1.88 bits per heavy atom. The SMILES string of the molecule is C=C/C(C)=C\C(=C/C)C1CCC(F)(F)CC1. The second-order valence-electron chi connectivity index (χ2n) is 4.51. The van der Waals surface area contributed by atoms with Crippen LogP contribution in [-0.4, -0.2) is 5.92 Å². The number of allylic oxidation sites excluding steroid dienone is 5. The van der Waals surface area contributed by atoms with Crippen LogP contribution >= 0.6 is 0 Å². The van der Waals surface area contributed by atoms with Gasteiger partial charge in [0.25, 0.3) is 0 Å². The number of halogens is 2. The van der Waals surface area contributed by atoms with E-state index in [0.717, 1.165) is 5.57 Å². The van der Waals surface area contributed by atoms with Crippen molar-refractivity contribution in [3.05, 3.63) is 36.0 Å². The number of hydrogen-bond acceptors (Lipinski definition) is 0. The minimum atomic E-state index is -2.44. The largest absolute Gasteiger partial charge is 0.248 e. The maximum atomic E-state index is 13.0. The van der Waals surface area contributed by atoms with Crippen molar-refractivity contribution in [1.29, 1.82) is 0 Å². The van der Waals surface area contributed by atoms with Crippen LogP contribution in [0.2, 0.25) is 0 Å². The lowest BCUT2D eigenvalue weighted by Gasteiger charge is -2.29. The van der Waals surface area contributed by atoms with Crippen LogP contribution in [0.3, 0.4) is 0 Å². The molecular weight excluding hydrogens is 206 g/mol. The van der Waals surface area contributed by atoms with Gasteiger partial charge in [-0.1, -0.05) is 30.4 Å². The zero-order chi connectivity index (χ0) is 12.2. The van der Waals surface area contributed by atoms with Crippen molar-refractivity contribution in [3.63, 3.8) is 0 Å². The van der Waals surface area contributed by atoms with Crippen LogP contribution < -0.4 is 0 Å². The van der Waals surface area contributed by atoms with E-state index in [2.05, 4.69) is 12.7 Å².